The molecule has 0 unspecified atom stereocenters. The molecule has 0 saturated heterocycles. The predicted molar refractivity (Wildman–Crippen MR) is 112 cm³/mol. The van der Waals surface area contributed by atoms with Gasteiger partial charge >= 0.3 is 12.4 Å². The van der Waals surface area contributed by atoms with Gasteiger partial charge in [0.2, 0.25) is 0 Å². The predicted octanol–water partition coefficient (Wildman–Crippen LogP) is 6.45. The van der Waals surface area contributed by atoms with E-state index in [2.05, 4.69) is 10.6 Å². The van der Waals surface area contributed by atoms with Crippen LogP contribution in [0.5, 0.6) is 0 Å². The number of halogens is 6. The Bertz CT molecular complexity index is 1110. The maximum atomic E-state index is 12.9. The van der Waals surface area contributed by atoms with Crippen LogP contribution in [0.15, 0.2) is 71.6 Å². The molecule has 0 radical (unpaired) electrons. The minimum absolute atomic E-state index is 0.209. The molecule has 172 valence electrons. The van der Waals surface area contributed by atoms with Crippen molar-refractivity contribution in [2.75, 3.05) is 10.6 Å². The molecule has 0 aliphatic carbocycles. The summed E-state index contributed by atoms with van der Waals surface area (Å²) in [6.45, 7) is 0. The van der Waals surface area contributed by atoms with Crippen LogP contribution in [-0.4, -0.2) is 11.8 Å². The first-order chi connectivity index (χ1) is 15.4. The highest BCUT2D eigenvalue weighted by Gasteiger charge is 2.32. The average Bonchev–Trinajstić information content (AvgIpc) is 3.24. The third-order valence-electron chi connectivity index (χ3n) is 4.21. The molecule has 4 nitrogen and oxygen atoms in total. The van der Waals surface area contributed by atoms with E-state index in [0.717, 1.165) is 24.3 Å². The van der Waals surface area contributed by atoms with Gasteiger partial charge in [-0.2, -0.15) is 26.3 Å². The second-order valence-corrected chi connectivity index (χ2v) is 7.62. The third kappa shape index (κ3) is 6.45. The summed E-state index contributed by atoms with van der Waals surface area (Å²) in [5.41, 5.74) is -2.93. The highest BCUT2D eigenvalue weighted by molar-refractivity contribution is 7.10. The maximum absolute atomic E-state index is 12.9. The summed E-state index contributed by atoms with van der Waals surface area (Å²) < 4.78 is 77.6. The van der Waals surface area contributed by atoms with E-state index in [9.17, 15) is 35.9 Å². The molecule has 2 aromatic carbocycles. The van der Waals surface area contributed by atoms with Gasteiger partial charge in [-0.05, 0) is 53.9 Å². The van der Waals surface area contributed by atoms with E-state index in [4.69, 9.17) is 0 Å². The van der Waals surface area contributed by atoms with E-state index < -0.39 is 40.9 Å². The number of amides is 2. The number of hydrogen-bond acceptors (Lipinski definition) is 3. The topological polar surface area (TPSA) is 58.2 Å². The van der Waals surface area contributed by atoms with E-state index in [0.29, 0.717) is 17.0 Å². The SMILES string of the molecule is O=C(Nc1cccc(C(F)(F)F)c1)C(=Cc1cccs1)C(=O)Nc1cccc(C(F)(F)F)c1. The molecule has 0 saturated carbocycles. The molecule has 2 N–H and O–H groups in total. The van der Waals surface area contributed by atoms with E-state index in [1.54, 1.807) is 17.5 Å². The molecule has 3 aromatic rings. The molecule has 1 heterocycles. The van der Waals surface area contributed by atoms with Gasteiger partial charge in [0.15, 0.2) is 0 Å². The van der Waals surface area contributed by atoms with Gasteiger partial charge in [-0.1, -0.05) is 18.2 Å². The largest absolute Gasteiger partial charge is 0.416 e. The van der Waals surface area contributed by atoms with Gasteiger partial charge in [-0.15, -0.1) is 11.3 Å². The number of alkyl halides is 6. The van der Waals surface area contributed by atoms with Crippen molar-refractivity contribution in [2.45, 2.75) is 12.4 Å². The van der Waals surface area contributed by atoms with Crippen molar-refractivity contribution < 1.29 is 35.9 Å². The lowest BCUT2D eigenvalue weighted by atomic mass is 10.1. The Balaban J connectivity index is 1.88. The van der Waals surface area contributed by atoms with Gasteiger partial charge in [-0.3, -0.25) is 9.59 Å². The Morgan fingerprint density at radius 2 is 1.21 bits per heavy atom. The number of carbonyl (C=O) groups excluding carboxylic acids is 2. The lowest BCUT2D eigenvalue weighted by molar-refractivity contribution is -0.138. The number of thiophene rings is 1. The molecule has 2 amide bonds. The Morgan fingerprint density at radius 3 is 1.61 bits per heavy atom. The zero-order valence-corrected chi connectivity index (χ0v) is 17.2. The fourth-order valence-electron chi connectivity index (χ4n) is 2.69. The summed E-state index contributed by atoms with van der Waals surface area (Å²) in [4.78, 5) is 26.0. The van der Waals surface area contributed by atoms with Crippen LogP contribution in [0.2, 0.25) is 0 Å². The average molecular weight is 484 g/mol. The van der Waals surface area contributed by atoms with Crippen LogP contribution in [-0.2, 0) is 21.9 Å². The van der Waals surface area contributed by atoms with Crippen LogP contribution < -0.4 is 10.6 Å². The van der Waals surface area contributed by atoms with Crippen molar-refractivity contribution in [3.63, 3.8) is 0 Å². The lowest BCUT2D eigenvalue weighted by Gasteiger charge is -2.13. The molecule has 33 heavy (non-hydrogen) atoms. The molecule has 3 rings (SSSR count). The van der Waals surface area contributed by atoms with E-state index in [-0.39, 0.29) is 11.4 Å². The van der Waals surface area contributed by atoms with Crippen molar-refractivity contribution in [3.05, 3.63) is 87.6 Å². The molecular weight excluding hydrogens is 470 g/mol. The normalized spacial score (nSPS) is 11.6. The Labute approximate surface area is 187 Å². The van der Waals surface area contributed by atoms with Crippen LogP contribution >= 0.6 is 11.3 Å². The van der Waals surface area contributed by atoms with Crippen LogP contribution in [0.3, 0.4) is 0 Å². The molecule has 0 spiro atoms. The number of rotatable bonds is 5. The van der Waals surface area contributed by atoms with Crippen LogP contribution in [0, 0.1) is 0 Å². The second-order valence-electron chi connectivity index (χ2n) is 6.64. The quantitative estimate of drug-likeness (QED) is 0.189. The zero-order chi connectivity index (χ0) is 24.2. The number of anilines is 2. The Kier molecular flexibility index (Phi) is 6.92. The molecule has 1 aromatic heterocycles. The van der Waals surface area contributed by atoms with E-state index >= 15 is 0 Å². The number of carbonyl (C=O) groups is 2. The summed E-state index contributed by atoms with van der Waals surface area (Å²) in [6.07, 6.45) is -8.09. The van der Waals surface area contributed by atoms with E-state index in [1.165, 1.54) is 29.5 Å². The number of benzene rings is 2. The molecule has 0 fully saturated rings. The van der Waals surface area contributed by atoms with Gasteiger partial charge < -0.3 is 10.6 Å². The van der Waals surface area contributed by atoms with Crippen molar-refractivity contribution >= 4 is 40.6 Å². The fraction of sp³-hybridized carbons (Fsp3) is 0.0909. The minimum Gasteiger partial charge on any atom is -0.322 e. The van der Waals surface area contributed by atoms with Gasteiger partial charge in [0.05, 0.1) is 11.1 Å². The molecule has 0 aliphatic heterocycles. The van der Waals surface area contributed by atoms with Crippen molar-refractivity contribution in [3.8, 4) is 0 Å². The molecule has 0 atom stereocenters. The first-order valence-corrected chi connectivity index (χ1v) is 10.0. The highest BCUT2D eigenvalue weighted by Crippen LogP contribution is 2.32. The zero-order valence-electron chi connectivity index (χ0n) is 16.4. The van der Waals surface area contributed by atoms with Crippen LogP contribution in [0.4, 0.5) is 37.7 Å². The van der Waals surface area contributed by atoms with Crippen molar-refractivity contribution in [1.29, 1.82) is 0 Å². The molecular formula is C22H14F6N2O2S. The Morgan fingerprint density at radius 1 is 0.727 bits per heavy atom. The van der Waals surface area contributed by atoms with Crippen molar-refractivity contribution in [1.82, 2.24) is 0 Å². The van der Waals surface area contributed by atoms with Gasteiger partial charge in [0.1, 0.15) is 5.57 Å². The smallest absolute Gasteiger partial charge is 0.322 e. The Hall–Kier alpha value is -3.60. The first kappa shape index (κ1) is 24.1. The molecule has 0 bridgehead atoms. The second kappa shape index (κ2) is 9.49. The van der Waals surface area contributed by atoms with Crippen LogP contribution in [0.1, 0.15) is 16.0 Å². The fourth-order valence-corrected chi connectivity index (χ4v) is 3.35. The highest BCUT2D eigenvalue weighted by atomic mass is 32.1. The maximum Gasteiger partial charge on any atom is 0.416 e. The van der Waals surface area contributed by atoms with Gasteiger partial charge in [-0.25, -0.2) is 0 Å². The monoisotopic (exact) mass is 484 g/mol. The summed E-state index contributed by atoms with van der Waals surface area (Å²) in [5.74, 6) is -2.07. The first-order valence-electron chi connectivity index (χ1n) is 9.16. The molecule has 11 heteroatoms. The summed E-state index contributed by atoms with van der Waals surface area (Å²) in [7, 11) is 0. The van der Waals surface area contributed by atoms with Crippen LogP contribution in [0.25, 0.3) is 6.08 Å². The summed E-state index contributed by atoms with van der Waals surface area (Å²) in [6, 6.07) is 10.9. The van der Waals surface area contributed by atoms with Crippen molar-refractivity contribution in [2.24, 2.45) is 0 Å². The minimum atomic E-state index is -4.64. The number of hydrogen-bond donors (Lipinski definition) is 2. The summed E-state index contributed by atoms with van der Waals surface area (Å²) in [5, 5.41) is 6.12. The van der Waals surface area contributed by atoms with E-state index in [1.807, 2.05) is 0 Å². The molecule has 0 aliphatic rings. The third-order valence-corrected chi connectivity index (χ3v) is 5.03. The number of nitrogens with one attached hydrogen (secondary N) is 2. The van der Waals surface area contributed by atoms with Gasteiger partial charge in [0, 0.05) is 16.3 Å². The summed E-state index contributed by atoms with van der Waals surface area (Å²) >= 11 is 1.18. The standard InChI is InChI=1S/C22H14F6N2O2S/c23-21(24,25)13-4-1-6-15(10-13)29-19(31)18(12-17-8-3-9-33-17)20(32)30-16-7-2-5-14(11-16)22(26,27)28/h1-12H,(H,29,31)(H,30,32). The lowest BCUT2D eigenvalue weighted by Crippen LogP contribution is -2.25. The van der Waals surface area contributed by atoms with Gasteiger partial charge in [0.25, 0.3) is 11.8 Å².